The molecule has 0 saturated heterocycles. The molecule has 2 N–H and O–H groups in total. The van der Waals surface area contributed by atoms with Crippen molar-refractivity contribution >= 4 is 11.8 Å². The Hall–Kier alpha value is -1.69. The minimum atomic E-state index is -0.602. The summed E-state index contributed by atoms with van der Waals surface area (Å²) in [5, 5.41) is 0. The highest BCUT2D eigenvalue weighted by atomic mass is 19.1. The Bertz CT molecular complexity index is 429. The third-order valence-corrected chi connectivity index (χ3v) is 2.46. The molecular formula is C14H22FN3O2. The van der Waals surface area contributed by atoms with E-state index in [-0.39, 0.29) is 13.0 Å². The van der Waals surface area contributed by atoms with Gasteiger partial charge >= 0.3 is 6.09 Å². The quantitative estimate of drug-likeness (QED) is 0.902. The Balaban J connectivity index is 2.89. The van der Waals surface area contributed by atoms with Crippen LogP contribution in [0.25, 0.3) is 0 Å². The van der Waals surface area contributed by atoms with E-state index in [1.165, 1.54) is 4.90 Å². The smallest absolute Gasteiger partial charge is 0.414 e. The van der Waals surface area contributed by atoms with Crippen LogP contribution >= 0.6 is 0 Å². The second-order valence-corrected chi connectivity index (χ2v) is 5.39. The zero-order chi connectivity index (χ0) is 15.2. The summed E-state index contributed by atoms with van der Waals surface area (Å²) < 4.78 is 17.7. The van der Waals surface area contributed by atoms with Gasteiger partial charge in [-0.3, -0.25) is 14.3 Å². The summed E-state index contributed by atoms with van der Waals surface area (Å²) in [5.74, 6) is 0. The number of aromatic nitrogens is 1. The van der Waals surface area contributed by atoms with Crippen molar-refractivity contribution < 1.29 is 13.9 Å². The molecule has 0 fully saturated rings. The molecule has 1 aromatic rings. The minimum absolute atomic E-state index is 0.245. The molecule has 0 unspecified atom stereocenters. The van der Waals surface area contributed by atoms with Gasteiger partial charge in [0.2, 0.25) is 0 Å². The van der Waals surface area contributed by atoms with Crippen LogP contribution in [-0.4, -0.2) is 29.9 Å². The highest BCUT2D eigenvalue weighted by Crippen LogP contribution is 2.18. The molecule has 6 heteroatoms. The van der Waals surface area contributed by atoms with Crippen molar-refractivity contribution in [3.63, 3.8) is 0 Å². The van der Waals surface area contributed by atoms with Gasteiger partial charge in [0.05, 0.1) is 24.3 Å². The predicted octanol–water partition coefficient (Wildman–Crippen LogP) is 2.64. The highest BCUT2D eigenvalue weighted by molar-refractivity contribution is 5.87. The fourth-order valence-electron chi connectivity index (χ4n) is 1.56. The Morgan fingerprint density at radius 2 is 2.15 bits per heavy atom. The summed E-state index contributed by atoms with van der Waals surface area (Å²) >= 11 is 0. The first kappa shape index (κ1) is 16.4. The average molecular weight is 283 g/mol. The lowest BCUT2D eigenvalue weighted by Gasteiger charge is -2.27. The molecule has 1 amide bonds. The number of alkyl halides is 1. The van der Waals surface area contributed by atoms with E-state index in [0.29, 0.717) is 12.2 Å². The summed E-state index contributed by atoms with van der Waals surface area (Å²) in [5.41, 5.74) is 6.18. The monoisotopic (exact) mass is 283 g/mol. The van der Waals surface area contributed by atoms with E-state index in [2.05, 4.69) is 4.98 Å². The number of amides is 1. The highest BCUT2D eigenvalue weighted by Gasteiger charge is 2.23. The van der Waals surface area contributed by atoms with Crippen LogP contribution in [0.4, 0.5) is 14.9 Å². The molecule has 0 aromatic carbocycles. The zero-order valence-corrected chi connectivity index (χ0v) is 12.2. The number of carbonyl (C=O) groups excluding carboxylic acids is 1. The fourth-order valence-corrected chi connectivity index (χ4v) is 1.56. The van der Waals surface area contributed by atoms with Crippen molar-refractivity contribution in [3.8, 4) is 0 Å². The molecule has 1 aromatic heterocycles. The van der Waals surface area contributed by atoms with E-state index in [0.717, 1.165) is 5.69 Å². The normalized spacial score (nSPS) is 11.2. The van der Waals surface area contributed by atoms with Gasteiger partial charge in [-0.25, -0.2) is 4.79 Å². The molecule has 0 atom stereocenters. The maximum absolute atomic E-state index is 12.4. The molecule has 5 nitrogen and oxygen atoms in total. The van der Waals surface area contributed by atoms with Gasteiger partial charge in [-0.1, -0.05) is 0 Å². The number of nitrogens with zero attached hydrogens (tertiary/aromatic N) is 2. The maximum atomic E-state index is 12.4. The standard InChI is InChI=1S/C14H22FN3O2/c1-14(2,3)20-13(19)18(8-4-7-15)12-6-5-11(9-16)17-10-12/h5-6,10H,4,7-9,16H2,1-3H3. The van der Waals surface area contributed by atoms with Gasteiger partial charge in [0, 0.05) is 13.1 Å². The van der Waals surface area contributed by atoms with Gasteiger partial charge in [0.15, 0.2) is 0 Å². The number of nitrogens with two attached hydrogens (primary N) is 1. The van der Waals surface area contributed by atoms with Gasteiger partial charge in [-0.2, -0.15) is 0 Å². The summed E-state index contributed by atoms with van der Waals surface area (Å²) in [7, 11) is 0. The van der Waals surface area contributed by atoms with Crippen molar-refractivity contribution in [2.45, 2.75) is 39.3 Å². The van der Waals surface area contributed by atoms with Crippen LogP contribution in [0.5, 0.6) is 0 Å². The van der Waals surface area contributed by atoms with Crippen LogP contribution in [0.3, 0.4) is 0 Å². The van der Waals surface area contributed by atoms with E-state index >= 15 is 0 Å². The van der Waals surface area contributed by atoms with Gasteiger partial charge < -0.3 is 10.5 Å². The van der Waals surface area contributed by atoms with Crippen molar-refractivity contribution in [2.24, 2.45) is 5.73 Å². The lowest BCUT2D eigenvalue weighted by Crippen LogP contribution is -2.37. The predicted molar refractivity (Wildman–Crippen MR) is 76.3 cm³/mol. The van der Waals surface area contributed by atoms with E-state index < -0.39 is 18.4 Å². The number of carbonyl (C=O) groups is 1. The van der Waals surface area contributed by atoms with Crippen molar-refractivity contribution in [3.05, 3.63) is 24.0 Å². The number of ether oxygens (including phenoxy) is 1. The van der Waals surface area contributed by atoms with Crippen LogP contribution in [0.2, 0.25) is 0 Å². The third kappa shape index (κ3) is 5.13. The molecule has 0 radical (unpaired) electrons. The molecule has 0 saturated carbocycles. The number of hydrogen-bond acceptors (Lipinski definition) is 4. The minimum Gasteiger partial charge on any atom is -0.443 e. The van der Waals surface area contributed by atoms with Crippen molar-refractivity contribution in [1.29, 1.82) is 0 Å². The van der Waals surface area contributed by atoms with Gasteiger partial charge in [-0.05, 0) is 39.3 Å². The van der Waals surface area contributed by atoms with E-state index in [4.69, 9.17) is 10.5 Å². The molecule has 112 valence electrons. The summed E-state index contributed by atoms with van der Waals surface area (Å²) in [6.45, 7) is 5.44. The number of pyridine rings is 1. The van der Waals surface area contributed by atoms with Gasteiger partial charge in [0.1, 0.15) is 5.60 Å². The Morgan fingerprint density at radius 3 is 2.60 bits per heavy atom. The maximum Gasteiger partial charge on any atom is 0.414 e. The lowest BCUT2D eigenvalue weighted by molar-refractivity contribution is 0.0579. The van der Waals surface area contributed by atoms with E-state index in [1.54, 1.807) is 39.1 Å². The summed E-state index contributed by atoms with van der Waals surface area (Å²) in [6, 6.07) is 3.47. The Morgan fingerprint density at radius 1 is 1.45 bits per heavy atom. The summed E-state index contributed by atoms with van der Waals surface area (Å²) in [4.78, 5) is 17.7. The second-order valence-electron chi connectivity index (χ2n) is 5.39. The Labute approximate surface area is 118 Å². The van der Waals surface area contributed by atoms with Crippen LogP contribution < -0.4 is 10.6 Å². The first-order valence-corrected chi connectivity index (χ1v) is 6.59. The van der Waals surface area contributed by atoms with E-state index in [9.17, 15) is 9.18 Å². The number of anilines is 1. The molecule has 0 aliphatic heterocycles. The third-order valence-electron chi connectivity index (χ3n) is 2.46. The number of rotatable bonds is 5. The number of halogens is 1. The molecule has 0 aliphatic rings. The average Bonchev–Trinajstić information content (AvgIpc) is 2.38. The van der Waals surface area contributed by atoms with Crippen molar-refractivity contribution in [2.75, 3.05) is 18.1 Å². The molecule has 0 aliphatic carbocycles. The second kappa shape index (κ2) is 7.19. The van der Waals surface area contributed by atoms with Crippen LogP contribution in [0.15, 0.2) is 18.3 Å². The van der Waals surface area contributed by atoms with Crippen molar-refractivity contribution in [1.82, 2.24) is 4.98 Å². The number of hydrogen-bond donors (Lipinski definition) is 1. The molecule has 20 heavy (non-hydrogen) atoms. The van der Waals surface area contributed by atoms with E-state index in [1.807, 2.05) is 0 Å². The van der Waals surface area contributed by atoms with Crippen LogP contribution in [-0.2, 0) is 11.3 Å². The first-order chi connectivity index (χ1) is 9.37. The molecule has 0 bridgehead atoms. The molecule has 1 heterocycles. The lowest BCUT2D eigenvalue weighted by atomic mass is 10.2. The first-order valence-electron chi connectivity index (χ1n) is 6.59. The molecular weight excluding hydrogens is 261 g/mol. The van der Waals surface area contributed by atoms with Crippen LogP contribution in [0.1, 0.15) is 32.9 Å². The largest absolute Gasteiger partial charge is 0.443 e. The van der Waals surface area contributed by atoms with Gasteiger partial charge in [-0.15, -0.1) is 0 Å². The molecule has 0 spiro atoms. The topological polar surface area (TPSA) is 68.5 Å². The summed E-state index contributed by atoms with van der Waals surface area (Å²) in [6.07, 6.45) is 1.29. The zero-order valence-electron chi connectivity index (χ0n) is 12.2. The fraction of sp³-hybridized carbons (Fsp3) is 0.571. The van der Waals surface area contributed by atoms with Crippen LogP contribution in [0, 0.1) is 0 Å². The SMILES string of the molecule is CC(C)(C)OC(=O)N(CCCF)c1ccc(CN)nc1. The Kier molecular flexibility index (Phi) is 5.88. The van der Waals surface area contributed by atoms with Gasteiger partial charge in [0.25, 0.3) is 0 Å². The molecule has 1 rings (SSSR count).